The fourth-order valence-electron chi connectivity index (χ4n) is 4.44. The van der Waals surface area contributed by atoms with Gasteiger partial charge in [0.15, 0.2) is 0 Å². The molecule has 2 N–H and O–H groups in total. The smallest absolute Gasteiger partial charge is 0.326 e. The Morgan fingerprint density at radius 2 is 1.95 bits per heavy atom. The minimum absolute atomic E-state index is 0.0404. The molecule has 9 heteroatoms. The molecule has 0 saturated carbocycles. The lowest BCUT2D eigenvalue weighted by molar-refractivity contribution is -0.160. The first-order valence-electron chi connectivity index (χ1n) is 12.7. The van der Waals surface area contributed by atoms with Crippen molar-refractivity contribution < 1.29 is 19.4 Å². The lowest BCUT2D eigenvalue weighted by atomic mass is 10.1. The molecule has 202 valence electrons. The van der Waals surface area contributed by atoms with Gasteiger partial charge < -0.3 is 23.7 Å². The third-order valence-corrected chi connectivity index (χ3v) is 6.24. The molecule has 0 saturated heterocycles. The van der Waals surface area contributed by atoms with E-state index < -0.39 is 23.7 Å². The van der Waals surface area contributed by atoms with E-state index in [0.29, 0.717) is 18.7 Å². The summed E-state index contributed by atoms with van der Waals surface area (Å²) in [5.74, 6) is 0.267. The summed E-state index contributed by atoms with van der Waals surface area (Å²) >= 11 is 0. The van der Waals surface area contributed by atoms with E-state index in [1.54, 1.807) is 53.3 Å². The van der Waals surface area contributed by atoms with Crippen LogP contribution < -0.4 is 10.9 Å². The van der Waals surface area contributed by atoms with Crippen molar-refractivity contribution >= 4 is 17.0 Å². The van der Waals surface area contributed by atoms with Gasteiger partial charge in [-0.1, -0.05) is 13.0 Å². The molecule has 1 aromatic carbocycles. The number of fused-ring (bicyclic) bond motifs is 1. The molecule has 2 unspecified atom stereocenters. The Balaban J connectivity index is 2.01. The average Bonchev–Trinajstić information content (AvgIpc) is 3.18. The molecule has 0 bridgehead atoms. The Labute approximate surface area is 218 Å². The first kappa shape index (κ1) is 28.6. The molecule has 0 fully saturated rings. The first-order chi connectivity index (χ1) is 17.4. The summed E-state index contributed by atoms with van der Waals surface area (Å²) in [6, 6.07) is 7.04. The number of aryl methyl sites for hydroxylation is 2. The second-order valence-corrected chi connectivity index (χ2v) is 10.6. The number of rotatable bonds is 10. The minimum Gasteiger partial charge on any atom is -0.459 e. The van der Waals surface area contributed by atoms with Gasteiger partial charge in [0.1, 0.15) is 17.5 Å². The Kier molecular flexibility index (Phi) is 8.94. The number of aliphatic hydroxyl groups is 1. The number of carbonyl (C=O) groups is 1. The number of benzene rings is 1. The van der Waals surface area contributed by atoms with E-state index in [1.165, 1.54) is 0 Å². The number of carbonyl (C=O) groups excluding carboxylic acids is 1. The van der Waals surface area contributed by atoms with Crippen LogP contribution in [-0.2, 0) is 27.9 Å². The van der Waals surface area contributed by atoms with Crippen LogP contribution in [0.3, 0.4) is 0 Å². The molecule has 0 aliphatic heterocycles. The lowest BCUT2D eigenvalue weighted by Gasteiger charge is -2.26. The van der Waals surface area contributed by atoms with E-state index in [1.807, 2.05) is 30.5 Å². The number of ether oxygens (including phenoxy) is 2. The minimum atomic E-state index is -0.920. The predicted molar refractivity (Wildman–Crippen MR) is 145 cm³/mol. The zero-order valence-electron chi connectivity index (χ0n) is 23.2. The summed E-state index contributed by atoms with van der Waals surface area (Å²) in [4.78, 5) is 29.9. The summed E-state index contributed by atoms with van der Waals surface area (Å²) in [5, 5.41) is 13.3. The molecular formula is C28H40N4O5. The van der Waals surface area contributed by atoms with E-state index in [4.69, 9.17) is 14.5 Å². The molecule has 3 aromatic rings. The lowest BCUT2D eigenvalue weighted by Crippen LogP contribution is -2.47. The summed E-state index contributed by atoms with van der Waals surface area (Å²) < 4.78 is 14.7. The Morgan fingerprint density at radius 1 is 1.24 bits per heavy atom. The van der Waals surface area contributed by atoms with Crippen molar-refractivity contribution in [1.82, 2.24) is 19.4 Å². The number of hydrogen-bond acceptors (Lipinski definition) is 7. The third-order valence-electron chi connectivity index (χ3n) is 6.24. The van der Waals surface area contributed by atoms with Crippen molar-refractivity contribution in [3.63, 3.8) is 0 Å². The zero-order chi connectivity index (χ0) is 27.5. The molecule has 3 rings (SSSR count). The Morgan fingerprint density at radius 3 is 2.51 bits per heavy atom. The third kappa shape index (κ3) is 6.66. The standard InChI is InChI=1S/C28H40N4O5/c1-9-21(16-36-8)32-23-11-10-19(14-29-24(18(3)33)27(35)37-28(4,5)6)13-22(23)30-25(32)20-12-17(2)26(34)31(7)15-20/h10-13,15,18,21,24,29,33H,9,14,16H2,1-8H3/t18-,21?,24?/m1/s1. The molecule has 2 heterocycles. The van der Waals surface area contributed by atoms with E-state index in [0.717, 1.165) is 34.4 Å². The molecule has 0 aliphatic carbocycles. The summed E-state index contributed by atoms with van der Waals surface area (Å²) in [7, 11) is 3.43. The number of methoxy groups -OCH3 is 1. The van der Waals surface area contributed by atoms with E-state index in [-0.39, 0.29) is 11.6 Å². The molecule has 2 aromatic heterocycles. The van der Waals surface area contributed by atoms with Crippen LogP contribution in [0.5, 0.6) is 0 Å². The quantitative estimate of drug-likeness (QED) is 0.401. The highest BCUT2D eigenvalue weighted by molar-refractivity contribution is 5.82. The maximum atomic E-state index is 12.6. The van der Waals surface area contributed by atoms with Crippen molar-refractivity contribution in [2.24, 2.45) is 7.05 Å². The van der Waals surface area contributed by atoms with Crippen LogP contribution in [0.4, 0.5) is 0 Å². The van der Waals surface area contributed by atoms with Gasteiger partial charge in [0.2, 0.25) is 0 Å². The summed E-state index contributed by atoms with van der Waals surface area (Å²) in [6.45, 7) is 11.7. The van der Waals surface area contributed by atoms with Gasteiger partial charge >= 0.3 is 5.97 Å². The van der Waals surface area contributed by atoms with Gasteiger partial charge in [-0.15, -0.1) is 0 Å². The molecule has 0 aliphatic rings. The molecule has 9 nitrogen and oxygen atoms in total. The fraction of sp³-hybridized carbons (Fsp3) is 0.536. The van der Waals surface area contributed by atoms with E-state index >= 15 is 0 Å². The van der Waals surface area contributed by atoms with Crippen molar-refractivity contribution in [3.8, 4) is 11.4 Å². The Bertz CT molecular complexity index is 1280. The van der Waals surface area contributed by atoms with Crippen LogP contribution in [0.1, 0.15) is 58.2 Å². The van der Waals surface area contributed by atoms with Crippen LogP contribution in [0.25, 0.3) is 22.4 Å². The van der Waals surface area contributed by atoms with Crippen molar-refractivity contribution in [3.05, 3.63) is 51.9 Å². The highest BCUT2D eigenvalue weighted by Gasteiger charge is 2.28. The number of esters is 1. The van der Waals surface area contributed by atoms with Crippen molar-refractivity contribution in [2.75, 3.05) is 13.7 Å². The van der Waals surface area contributed by atoms with Crippen LogP contribution in [-0.4, -0.2) is 56.7 Å². The number of nitrogens with zero attached hydrogens (tertiary/aromatic N) is 3. The number of aliphatic hydroxyl groups excluding tert-OH is 1. The number of aromatic nitrogens is 3. The molecule has 37 heavy (non-hydrogen) atoms. The predicted octanol–water partition coefficient (Wildman–Crippen LogP) is 3.49. The van der Waals surface area contributed by atoms with Gasteiger partial charge in [0.25, 0.3) is 5.56 Å². The van der Waals surface area contributed by atoms with Gasteiger partial charge in [-0.3, -0.25) is 14.9 Å². The van der Waals surface area contributed by atoms with Gasteiger partial charge in [0, 0.05) is 38.0 Å². The first-order valence-corrected chi connectivity index (χ1v) is 12.7. The second kappa shape index (κ2) is 11.6. The largest absolute Gasteiger partial charge is 0.459 e. The normalized spacial score (nSPS) is 14.5. The van der Waals surface area contributed by atoms with E-state index in [9.17, 15) is 14.7 Å². The zero-order valence-corrected chi connectivity index (χ0v) is 23.2. The highest BCUT2D eigenvalue weighted by atomic mass is 16.6. The average molecular weight is 513 g/mol. The summed E-state index contributed by atoms with van der Waals surface area (Å²) in [6.07, 6.45) is 1.73. The topological polar surface area (TPSA) is 108 Å². The number of imidazole rings is 1. The van der Waals surface area contributed by atoms with Gasteiger partial charge in [0.05, 0.1) is 29.8 Å². The van der Waals surface area contributed by atoms with Gasteiger partial charge in [-0.2, -0.15) is 0 Å². The van der Waals surface area contributed by atoms with Crippen molar-refractivity contribution in [2.45, 2.75) is 78.3 Å². The molecular weight excluding hydrogens is 472 g/mol. The van der Waals surface area contributed by atoms with Gasteiger partial charge in [-0.25, -0.2) is 4.98 Å². The number of pyridine rings is 1. The molecule has 0 amide bonds. The molecule has 0 radical (unpaired) electrons. The maximum Gasteiger partial charge on any atom is 0.326 e. The monoisotopic (exact) mass is 512 g/mol. The SMILES string of the molecule is CCC(COC)n1c(-c2cc(C)c(=O)n(C)c2)nc2cc(CNC(C(=O)OC(C)(C)C)[C@@H](C)O)ccc21. The van der Waals surface area contributed by atoms with Crippen LogP contribution in [0.15, 0.2) is 35.3 Å². The summed E-state index contributed by atoms with van der Waals surface area (Å²) in [5.41, 5.74) is 3.47. The second-order valence-electron chi connectivity index (χ2n) is 10.6. The molecule has 3 atom stereocenters. The van der Waals surface area contributed by atoms with E-state index in [2.05, 4.69) is 16.8 Å². The fourth-order valence-corrected chi connectivity index (χ4v) is 4.44. The Hall–Kier alpha value is -3.01. The highest BCUT2D eigenvalue weighted by Crippen LogP contribution is 2.30. The van der Waals surface area contributed by atoms with Crippen LogP contribution >= 0.6 is 0 Å². The maximum absolute atomic E-state index is 12.6. The van der Waals surface area contributed by atoms with Gasteiger partial charge in [-0.05, 0) is 64.8 Å². The number of nitrogens with one attached hydrogen (secondary N) is 1. The molecule has 0 spiro atoms. The number of hydrogen-bond donors (Lipinski definition) is 2. The van der Waals surface area contributed by atoms with Crippen LogP contribution in [0, 0.1) is 6.92 Å². The van der Waals surface area contributed by atoms with Crippen molar-refractivity contribution in [1.29, 1.82) is 0 Å². The van der Waals surface area contributed by atoms with Crippen LogP contribution in [0.2, 0.25) is 0 Å².